The van der Waals surface area contributed by atoms with Gasteiger partial charge < -0.3 is 23.7 Å². The first-order chi connectivity index (χ1) is 19.8. The Labute approximate surface area is 238 Å². The minimum atomic E-state index is -1.06. The van der Waals surface area contributed by atoms with Gasteiger partial charge in [0.25, 0.3) is 5.56 Å². The molecule has 0 spiro atoms. The molecule has 1 aliphatic carbocycles. The minimum Gasteiger partial charge on any atom is -0.496 e. The zero-order valence-electron chi connectivity index (χ0n) is 22.8. The number of carboxylic acids is 1. The van der Waals surface area contributed by atoms with Gasteiger partial charge in [0.05, 0.1) is 48.2 Å². The molecule has 2 aliphatic rings. The summed E-state index contributed by atoms with van der Waals surface area (Å²) in [5.41, 5.74) is -0.713. The summed E-state index contributed by atoms with van der Waals surface area (Å²) in [6, 6.07) is 7.51. The van der Waals surface area contributed by atoms with Crippen LogP contribution in [0.4, 0.5) is 0 Å². The van der Waals surface area contributed by atoms with E-state index >= 15 is 0 Å². The number of oxazole rings is 1. The molecule has 41 heavy (non-hydrogen) atoms. The number of benzene rings is 1. The lowest BCUT2D eigenvalue weighted by Gasteiger charge is -2.29. The number of aryl methyl sites for hydroxylation is 1. The quantitative estimate of drug-likeness (QED) is 0.294. The van der Waals surface area contributed by atoms with Gasteiger partial charge in [0.15, 0.2) is 0 Å². The number of hydrogen-bond donors (Lipinski definition) is 1. The van der Waals surface area contributed by atoms with Gasteiger partial charge in [-0.25, -0.2) is 9.78 Å². The summed E-state index contributed by atoms with van der Waals surface area (Å²) in [4.78, 5) is 45.4. The van der Waals surface area contributed by atoms with E-state index < -0.39 is 28.9 Å². The number of fused-ring (bicyclic) bond motifs is 1. The molecule has 0 radical (unpaired) electrons. The lowest BCUT2D eigenvalue weighted by molar-refractivity contribution is -0.138. The first-order valence-corrected chi connectivity index (χ1v) is 14.4. The molecular weight excluding hydrogens is 550 g/mol. The molecule has 1 saturated carbocycles. The smallest absolute Gasteiger partial charge is 0.332 e. The lowest BCUT2D eigenvalue weighted by Crippen LogP contribution is -2.47. The fraction of sp³-hybridized carbons (Fsp3) is 0.448. The van der Waals surface area contributed by atoms with Crippen LogP contribution in [0.1, 0.15) is 49.3 Å². The van der Waals surface area contributed by atoms with Crippen molar-refractivity contribution in [3.8, 4) is 16.5 Å². The highest BCUT2D eigenvalue weighted by Gasteiger charge is 2.49. The summed E-state index contributed by atoms with van der Waals surface area (Å²) < 4.78 is 26.1. The van der Waals surface area contributed by atoms with E-state index in [1.54, 1.807) is 18.6 Å². The molecule has 1 atom stereocenters. The van der Waals surface area contributed by atoms with Crippen LogP contribution < -0.4 is 16.0 Å². The molecule has 3 aromatic heterocycles. The summed E-state index contributed by atoms with van der Waals surface area (Å²) in [5.74, 6) is -0.0904. The number of methoxy groups -OCH3 is 1. The summed E-state index contributed by atoms with van der Waals surface area (Å²) in [7, 11) is 1.59. The van der Waals surface area contributed by atoms with Gasteiger partial charge in [-0.1, -0.05) is 18.2 Å². The molecule has 4 aromatic rings. The average Bonchev–Trinajstić information content (AvgIpc) is 3.35. The van der Waals surface area contributed by atoms with E-state index in [-0.39, 0.29) is 19.1 Å². The zero-order chi connectivity index (χ0) is 28.7. The number of ether oxygens (including phenoxy) is 3. The van der Waals surface area contributed by atoms with Crippen molar-refractivity contribution < 1.29 is 28.5 Å². The summed E-state index contributed by atoms with van der Waals surface area (Å²) in [5, 5.41) is 10.00. The van der Waals surface area contributed by atoms with Crippen LogP contribution in [0.5, 0.6) is 5.75 Å². The van der Waals surface area contributed by atoms with Crippen molar-refractivity contribution in [3.63, 3.8) is 0 Å². The molecule has 12 heteroatoms. The maximum atomic E-state index is 14.3. The Morgan fingerprint density at radius 1 is 1.24 bits per heavy atom. The molecule has 1 aromatic carbocycles. The Morgan fingerprint density at radius 3 is 2.66 bits per heavy atom. The predicted molar refractivity (Wildman–Crippen MR) is 151 cm³/mol. The van der Waals surface area contributed by atoms with Crippen molar-refractivity contribution >= 4 is 27.5 Å². The van der Waals surface area contributed by atoms with Crippen molar-refractivity contribution in [3.05, 3.63) is 68.7 Å². The molecule has 1 saturated heterocycles. The van der Waals surface area contributed by atoms with E-state index in [1.165, 1.54) is 23.8 Å². The lowest BCUT2D eigenvalue weighted by atomic mass is 10.1. The molecule has 1 unspecified atom stereocenters. The molecule has 6 rings (SSSR count). The number of hydrogen-bond acceptors (Lipinski definition) is 9. The third kappa shape index (κ3) is 5.00. The molecular formula is C29H31N3O8S. The highest BCUT2D eigenvalue weighted by molar-refractivity contribution is 7.22. The number of nitrogens with zero attached hydrogens (tertiary/aromatic N) is 3. The van der Waals surface area contributed by atoms with E-state index in [0.717, 1.165) is 10.1 Å². The van der Waals surface area contributed by atoms with Crippen LogP contribution in [0.3, 0.4) is 0 Å². The second kappa shape index (κ2) is 10.9. The van der Waals surface area contributed by atoms with Crippen LogP contribution in [-0.4, -0.2) is 51.6 Å². The van der Waals surface area contributed by atoms with Gasteiger partial charge in [0.1, 0.15) is 22.9 Å². The van der Waals surface area contributed by atoms with Crippen molar-refractivity contribution in [2.24, 2.45) is 0 Å². The van der Waals surface area contributed by atoms with Gasteiger partial charge in [-0.2, -0.15) is 0 Å². The number of rotatable bonds is 10. The van der Waals surface area contributed by atoms with Gasteiger partial charge in [-0.15, -0.1) is 11.3 Å². The maximum Gasteiger partial charge on any atom is 0.332 e. The van der Waals surface area contributed by atoms with E-state index in [4.69, 9.17) is 18.6 Å². The second-order valence-electron chi connectivity index (χ2n) is 10.6. The van der Waals surface area contributed by atoms with Crippen LogP contribution in [0.25, 0.3) is 21.0 Å². The first-order valence-electron chi connectivity index (χ1n) is 13.6. The standard InChI is InChI=1S/C29H31N3O8S/c1-17-23-26(35)32(29(9-10-29)15-22(33)34)28(36)31(27(23)41-24(17)25-30-11-14-39-25)16-21(40-18-7-12-38-13-8-18)19-5-3-4-6-20(19)37-2/h3-6,11,14,18,21H,7-10,12-13,15-16H2,1-2H3,(H,33,34). The maximum absolute atomic E-state index is 14.3. The van der Waals surface area contributed by atoms with Crippen LogP contribution >= 0.6 is 11.3 Å². The van der Waals surface area contributed by atoms with Crippen LogP contribution in [-0.2, 0) is 26.4 Å². The molecule has 216 valence electrons. The molecule has 4 heterocycles. The van der Waals surface area contributed by atoms with Gasteiger partial charge >= 0.3 is 11.7 Å². The summed E-state index contributed by atoms with van der Waals surface area (Å²) in [6.45, 7) is 3.05. The van der Waals surface area contributed by atoms with Gasteiger partial charge in [-0.3, -0.25) is 18.7 Å². The summed E-state index contributed by atoms with van der Waals surface area (Å²) in [6.07, 6.45) is 4.28. The third-order valence-corrected chi connectivity index (χ3v) is 9.28. The highest BCUT2D eigenvalue weighted by Crippen LogP contribution is 2.46. The van der Waals surface area contributed by atoms with Crippen LogP contribution in [0.2, 0.25) is 0 Å². The zero-order valence-corrected chi connectivity index (χ0v) is 23.6. The number of aliphatic carboxylic acids is 1. The molecule has 2 fully saturated rings. The largest absolute Gasteiger partial charge is 0.496 e. The van der Waals surface area contributed by atoms with E-state index in [1.807, 2.05) is 24.3 Å². The Bertz CT molecular complexity index is 1690. The van der Waals surface area contributed by atoms with Gasteiger partial charge in [0, 0.05) is 18.8 Å². The first kappa shape index (κ1) is 27.4. The van der Waals surface area contributed by atoms with E-state index in [9.17, 15) is 19.5 Å². The number of para-hydroxylation sites is 1. The van der Waals surface area contributed by atoms with E-state index in [0.29, 0.717) is 71.2 Å². The Morgan fingerprint density at radius 2 is 2.00 bits per heavy atom. The fourth-order valence-corrected chi connectivity index (χ4v) is 6.97. The highest BCUT2D eigenvalue weighted by atomic mass is 32.1. The Balaban J connectivity index is 1.56. The molecule has 0 bridgehead atoms. The third-order valence-electron chi connectivity index (χ3n) is 7.98. The van der Waals surface area contributed by atoms with Gasteiger partial charge in [-0.05, 0) is 44.2 Å². The monoisotopic (exact) mass is 581 g/mol. The second-order valence-corrected chi connectivity index (χ2v) is 11.6. The molecule has 1 N–H and O–H groups in total. The number of carbonyl (C=O) groups is 1. The Kier molecular flexibility index (Phi) is 7.30. The molecule has 0 amide bonds. The van der Waals surface area contributed by atoms with Crippen molar-refractivity contribution in [1.29, 1.82) is 0 Å². The normalized spacial score (nSPS) is 17.5. The van der Waals surface area contributed by atoms with Crippen molar-refractivity contribution in [1.82, 2.24) is 14.1 Å². The topological polar surface area (TPSA) is 135 Å². The van der Waals surface area contributed by atoms with E-state index in [2.05, 4.69) is 4.98 Å². The molecule has 11 nitrogen and oxygen atoms in total. The fourth-order valence-electron chi connectivity index (χ4n) is 5.73. The Hall–Kier alpha value is -3.74. The number of carboxylic acid groups (broad SMARTS) is 1. The number of aromatic nitrogens is 3. The van der Waals surface area contributed by atoms with Crippen molar-refractivity contribution in [2.75, 3.05) is 20.3 Å². The SMILES string of the molecule is COc1ccccc1C(Cn1c(=O)n(C2(CC(=O)O)CC2)c(=O)c2c(C)c(-c3ncco3)sc21)OC1CCOCC1. The van der Waals surface area contributed by atoms with Crippen LogP contribution in [0.15, 0.2) is 50.7 Å². The average molecular weight is 582 g/mol. The molecule has 1 aliphatic heterocycles. The van der Waals surface area contributed by atoms with Gasteiger partial charge in [0.2, 0.25) is 5.89 Å². The summed E-state index contributed by atoms with van der Waals surface area (Å²) >= 11 is 1.25. The predicted octanol–water partition coefficient (Wildman–Crippen LogP) is 4.10. The minimum absolute atomic E-state index is 0.0848. The van der Waals surface area contributed by atoms with Crippen molar-refractivity contribution in [2.45, 2.75) is 63.3 Å². The van der Waals surface area contributed by atoms with Crippen LogP contribution in [0, 0.1) is 6.92 Å². The number of thiophene rings is 1.